The molecule has 3 unspecified atom stereocenters. The number of benzene rings is 1. The Hall–Kier alpha value is -1.06. The largest absolute Gasteiger partial charge is 0.492 e. The zero-order valence-electron chi connectivity index (χ0n) is 12.3. The van der Waals surface area contributed by atoms with Gasteiger partial charge in [0.1, 0.15) is 12.4 Å². The van der Waals surface area contributed by atoms with E-state index in [-0.39, 0.29) is 0 Å². The molecule has 1 aromatic rings. The highest BCUT2D eigenvalue weighted by Gasteiger charge is 2.29. The number of hydrogen-bond acceptors (Lipinski definition) is 3. The summed E-state index contributed by atoms with van der Waals surface area (Å²) >= 11 is 0. The first kappa shape index (κ1) is 14.4. The number of nitrogens with zero attached hydrogens (tertiary/aromatic N) is 1. The van der Waals surface area contributed by atoms with Crippen molar-refractivity contribution in [3.63, 3.8) is 0 Å². The van der Waals surface area contributed by atoms with Crippen molar-refractivity contribution in [3.05, 3.63) is 29.8 Å². The Balaban J connectivity index is 1.79. The van der Waals surface area contributed by atoms with Crippen LogP contribution in [0.15, 0.2) is 24.3 Å². The summed E-state index contributed by atoms with van der Waals surface area (Å²) < 4.78 is 5.83. The van der Waals surface area contributed by atoms with Crippen LogP contribution in [0.3, 0.4) is 0 Å². The first-order chi connectivity index (χ1) is 9.08. The summed E-state index contributed by atoms with van der Waals surface area (Å²) in [5.74, 6) is 1.53. The standard InChI is InChI=1S/C16H26N2O/c1-12-5-4-6-15(11-12)19-10-9-18-8-7-16(17)13(2)14(18)3/h4-6,11,13-14,16H,7-10,17H2,1-3H3. The molecule has 0 bridgehead atoms. The molecule has 1 aliphatic heterocycles. The van der Waals surface area contributed by atoms with E-state index in [9.17, 15) is 0 Å². The molecule has 0 aliphatic carbocycles. The summed E-state index contributed by atoms with van der Waals surface area (Å²) in [5.41, 5.74) is 7.35. The van der Waals surface area contributed by atoms with Gasteiger partial charge < -0.3 is 10.5 Å². The molecule has 0 radical (unpaired) electrons. The van der Waals surface area contributed by atoms with Gasteiger partial charge >= 0.3 is 0 Å². The van der Waals surface area contributed by atoms with E-state index in [1.807, 2.05) is 12.1 Å². The van der Waals surface area contributed by atoms with Crippen LogP contribution in [-0.4, -0.2) is 36.7 Å². The highest BCUT2D eigenvalue weighted by Crippen LogP contribution is 2.22. The second kappa shape index (κ2) is 6.40. The van der Waals surface area contributed by atoms with E-state index in [0.29, 0.717) is 18.0 Å². The Bertz CT molecular complexity index is 407. The van der Waals surface area contributed by atoms with Crippen LogP contribution < -0.4 is 10.5 Å². The molecule has 0 aromatic heterocycles. The van der Waals surface area contributed by atoms with Gasteiger partial charge in [-0.2, -0.15) is 0 Å². The van der Waals surface area contributed by atoms with Crippen LogP contribution >= 0.6 is 0 Å². The molecular formula is C16H26N2O. The number of nitrogens with two attached hydrogens (primary N) is 1. The average molecular weight is 262 g/mol. The Labute approximate surface area is 116 Å². The number of hydrogen-bond donors (Lipinski definition) is 1. The summed E-state index contributed by atoms with van der Waals surface area (Å²) in [6.07, 6.45) is 1.09. The Morgan fingerprint density at radius 2 is 2.16 bits per heavy atom. The van der Waals surface area contributed by atoms with Gasteiger partial charge in [-0.05, 0) is 43.9 Å². The molecule has 106 valence electrons. The second-order valence-corrected chi connectivity index (χ2v) is 5.75. The fourth-order valence-electron chi connectivity index (χ4n) is 2.77. The Kier molecular flexibility index (Phi) is 4.83. The smallest absolute Gasteiger partial charge is 0.119 e. The summed E-state index contributed by atoms with van der Waals surface area (Å²) in [6, 6.07) is 9.12. The van der Waals surface area contributed by atoms with Crippen LogP contribution in [-0.2, 0) is 0 Å². The van der Waals surface area contributed by atoms with E-state index in [0.717, 1.165) is 31.9 Å². The molecule has 3 heteroatoms. The predicted molar refractivity (Wildman–Crippen MR) is 79.5 cm³/mol. The molecule has 1 fully saturated rings. The monoisotopic (exact) mass is 262 g/mol. The van der Waals surface area contributed by atoms with E-state index in [1.165, 1.54) is 5.56 Å². The molecule has 1 heterocycles. The van der Waals surface area contributed by atoms with Crippen molar-refractivity contribution in [2.75, 3.05) is 19.7 Å². The molecule has 1 aliphatic rings. The van der Waals surface area contributed by atoms with Gasteiger partial charge in [-0.15, -0.1) is 0 Å². The lowest BCUT2D eigenvalue weighted by molar-refractivity contribution is 0.0827. The molecule has 0 spiro atoms. The van der Waals surface area contributed by atoms with Crippen LogP contribution in [0.5, 0.6) is 5.75 Å². The molecule has 1 saturated heterocycles. The number of rotatable bonds is 4. The van der Waals surface area contributed by atoms with Gasteiger partial charge in [0, 0.05) is 25.2 Å². The maximum Gasteiger partial charge on any atom is 0.119 e. The SMILES string of the molecule is Cc1cccc(OCCN2CCC(N)C(C)C2C)c1. The van der Waals surface area contributed by atoms with Gasteiger partial charge in [-0.25, -0.2) is 0 Å². The lowest BCUT2D eigenvalue weighted by atomic mass is 9.88. The van der Waals surface area contributed by atoms with Gasteiger partial charge in [-0.1, -0.05) is 19.1 Å². The lowest BCUT2D eigenvalue weighted by Crippen LogP contribution is -2.52. The summed E-state index contributed by atoms with van der Waals surface area (Å²) in [6.45, 7) is 9.42. The predicted octanol–water partition coefficient (Wildman–Crippen LogP) is 2.43. The van der Waals surface area contributed by atoms with Crippen LogP contribution in [0.4, 0.5) is 0 Å². The van der Waals surface area contributed by atoms with Gasteiger partial charge in [-0.3, -0.25) is 4.90 Å². The lowest BCUT2D eigenvalue weighted by Gasteiger charge is -2.41. The van der Waals surface area contributed by atoms with E-state index < -0.39 is 0 Å². The molecule has 0 amide bonds. The van der Waals surface area contributed by atoms with E-state index in [4.69, 9.17) is 10.5 Å². The topological polar surface area (TPSA) is 38.5 Å². The van der Waals surface area contributed by atoms with Crippen molar-refractivity contribution in [2.24, 2.45) is 11.7 Å². The van der Waals surface area contributed by atoms with Crippen molar-refractivity contribution >= 4 is 0 Å². The molecule has 2 rings (SSSR count). The third-order valence-corrected chi connectivity index (χ3v) is 4.40. The number of ether oxygens (including phenoxy) is 1. The Morgan fingerprint density at radius 3 is 2.89 bits per heavy atom. The van der Waals surface area contributed by atoms with E-state index >= 15 is 0 Å². The maximum atomic E-state index is 6.11. The number of likely N-dealkylation sites (tertiary alicyclic amines) is 1. The van der Waals surface area contributed by atoms with Crippen molar-refractivity contribution in [1.82, 2.24) is 4.90 Å². The second-order valence-electron chi connectivity index (χ2n) is 5.75. The zero-order chi connectivity index (χ0) is 13.8. The minimum absolute atomic E-state index is 0.351. The third-order valence-electron chi connectivity index (χ3n) is 4.40. The first-order valence-electron chi connectivity index (χ1n) is 7.27. The summed E-state index contributed by atoms with van der Waals surface area (Å²) in [7, 11) is 0. The van der Waals surface area contributed by atoms with Crippen LogP contribution in [0.25, 0.3) is 0 Å². The van der Waals surface area contributed by atoms with Crippen molar-refractivity contribution in [3.8, 4) is 5.75 Å². The first-order valence-corrected chi connectivity index (χ1v) is 7.27. The minimum Gasteiger partial charge on any atom is -0.492 e. The van der Waals surface area contributed by atoms with Gasteiger partial charge in [0.25, 0.3) is 0 Å². The van der Waals surface area contributed by atoms with Crippen molar-refractivity contribution < 1.29 is 4.74 Å². The number of piperidine rings is 1. The van der Waals surface area contributed by atoms with E-state index in [2.05, 4.69) is 37.8 Å². The summed E-state index contributed by atoms with van der Waals surface area (Å²) in [5, 5.41) is 0. The van der Waals surface area contributed by atoms with Crippen LogP contribution in [0.2, 0.25) is 0 Å². The van der Waals surface area contributed by atoms with E-state index in [1.54, 1.807) is 0 Å². The van der Waals surface area contributed by atoms with Gasteiger partial charge in [0.15, 0.2) is 0 Å². The molecule has 1 aromatic carbocycles. The fraction of sp³-hybridized carbons (Fsp3) is 0.625. The van der Waals surface area contributed by atoms with Crippen LogP contribution in [0.1, 0.15) is 25.8 Å². The zero-order valence-corrected chi connectivity index (χ0v) is 12.3. The number of aryl methyl sites for hydroxylation is 1. The highest BCUT2D eigenvalue weighted by molar-refractivity contribution is 5.27. The normalized spacial score (nSPS) is 28.3. The Morgan fingerprint density at radius 1 is 1.37 bits per heavy atom. The van der Waals surface area contributed by atoms with Crippen molar-refractivity contribution in [2.45, 2.75) is 39.3 Å². The van der Waals surface area contributed by atoms with Gasteiger partial charge in [0.05, 0.1) is 0 Å². The quantitative estimate of drug-likeness (QED) is 0.905. The molecule has 0 saturated carbocycles. The highest BCUT2D eigenvalue weighted by atomic mass is 16.5. The summed E-state index contributed by atoms with van der Waals surface area (Å²) in [4.78, 5) is 2.49. The van der Waals surface area contributed by atoms with Crippen molar-refractivity contribution in [1.29, 1.82) is 0 Å². The maximum absolute atomic E-state index is 6.11. The molecule has 3 nitrogen and oxygen atoms in total. The molecule has 2 N–H and O–H groups in total. The molecule has 19 heavy (non-hydrogen) atoms. The average Bonchev–Trinajstić information content (AvgIpc) is 2.39. The van der Waals surface area contributed by atoms with Crippen LogP contribution in [0, 0.1) is 12.8 Å². The van der Waals surface area contributed by atoms with Gasteiger partial charge in [0.2, 0.25) is 0 Å². The fourth-order valence-corrected chi connectivity index (χ4v) is 2.77. The molecule has 3 atom stereocenters. The molecular weight excluding hydrogens is 236 g/mol. The third kappa shape index (κ3) is 3.71. The minimum atomic E-state index is 0.351.